The van der Waals surface area contributed by atoms with E-state index >= 15 is 0 Å². The second kappa shape index (κ2) is 7.09. The van der Waals surface area contributed by atoms with E-state index in [-0.39, 0.29) is 24.3 Å². The highest BCUT2D eigenvalue weighted by molar-refractivity contribution is 5.96. The van der Waals surface area contributed by atoms with E-state index in [1.807, 2.05) is 6.07 Å². The summed E-state index contributed by atoms with van der Waals surface area (Å²) in [6, 6.07) is 9.01. The number of amides is 1. The third kappa shape index (κ3) is 3.47. The van der Waals surface area contributed by atoms with Gasteiger partial charge in [-0.1, -0.05) is 12.1 Å². The molecule has 0 bridgehead atoms. The van der Waals surface area contributed by atoms with Gasteiger partial charge in [-0.3, -0.25) is 19.1 Å². The summed E-state index contributed by atoms with van der Waals surface area (Å²) < 4.78 is 14.8. The first-order chi connectivity index (χ1) is 12.1. The van der Waals surface area contributed by atoms with E-state index in [0.29, 0.717) is 10.8 Å². The fourth-order valence-corrected chi connectivity index (χ4v) is 2.60. The Bertz CT molecular complexity index is 997. The van der Waals surface area contributed by atoms with Gasteiger partial charge in [0.1, 0.15) is 11.5 Å². The number of pyridine rings is 2. The number of rotatable bonds is 5. The van der Waals surface area contributed by atoms with Crippen molar-refractivity contribution in [3.05, 3.63) is 88.9 Å². The Balaban J connectivity index is 2.00. The Morgan fingerprint density at radius 3 is 2.88 bits per heavy atom. The molecule has 2 heterocycles. The third-order valence-electron chi connectivity index (χ3n) is 3.79. The standard InChI is InChI=1S/C19H16FN3O2/c1-2-8-23-17(18(24)22-12-13-4-3-7-21-11-13)10-14-9-15(20)5-6-16(14)19(23)25/h2-7,9-11H,1,8,12H2,(H,22,24). The Morgan fingerprint density at radius 2 is 2.16 bits per heavy atom. The Labute approximate surface area is 143 Å². The van der Waals surface area contributed by atoms with Gasteiger partial charge in [-0.2, -0.15) is 0 Å². The van der Waals surface area contributed by atoms with Crippen LogP contribution in [0.4, 0.5) is 4.39 Å². The zero-order valence-electron chi connectivity index (χ0n) is 13.4. The molecule has 5 nitrogen and oxygen atoms in total. The van der Waals surface area contributed by atoms with Gasteiger partial charge in [0.2, 0.25) is 0 Å². The first-order valence-corrected chi connectivity index (χ1v) is 7.71. The minimum Gasteiger partial charge on any atom is -0.347 e. The predicted molar refractivity (Wildman–Crippen MR) is 93.8 cm³/mol. The van der Waals surface area contributed by atoms with E-state index in [1.54, 1.807) is 18.5 Å². The van der Waals surface area contributed by atoms with Crippen LogP contribution in [0, 0.1) is 5.82 Å². The molecule has 0 aliphatic rings. The molecule has 0 atom stereocenters. The fourth-order valence-electron chi connectivity index (χ4n) is 2.60. The van der Waals surface area contributed by atoms with Crippen molar-refractivity contribution >= 4 is 16.7 Å². The van der Waals surface area contributed by atoms with E-state index in [1.165, 1.54) is 34.9 Å². The Morgan fingerprint density at radius 1 is 1.32 bits per heavy atom. The van der Waals surface area contributed by atoms with Gasteiger partial charge in [0.15, 0.2) is 0 Å². The van der Waals surface area contributed by atoms with Gasteiger partial charge >= 0.3 is 0 Å². The van der Waals surface area contributed by atoms with Gasteiger partial charge in [-0.15, -0.1) is 6.58 Å². The average Bonchev–Trinajstić information content (AvgIpc) is 2.62. The number of carbonyl (C=O) groups excluding carboxylic acids is 1. The Kier molecular flexibility index (Phi) is 4.70. The monoisotopic (exact) mass is 337 g/mol. The molecule has 0 aliphatic heterocycles. The van der Waals surface area contributed by atoms with Crippen molar-refractivity contribution in [3.63, 3.8) is 0 Å². The van der Waals surface area contributed by atoms with Crippen LogP contribution in [-0.4, -0.2) is 15.5 Å². The second-order valence-corrected chi connectivity index (χ2v) is 5.51. The average molecular weight is 337 g/mol. The highest BCUT2D eigenvalue weighted by Gasteiger charge is 2.15. The summed E-state index contributed by atoms with van der Waals surface area (Å²) in [5, 5.41) is 3.49. The number of benzene rings is 1. The molecule has 0 radical (unpaired) electrons. The lowest BCUT2D eigenvalue weighted by atomic mass is 10.1. The smallest absolute Gasteiger partial charge is 0.268 e. The van der Waals surface area contributed by atoms with Crippen molar-refractivity contribution in [2.24, 2.45) is 0 Å². The molecule has 0 spiro atoms. The van der Waals surface area contributed by atoms with E-state index in [0.717, 1.165) is 5.56 Å². The summed E-state index contributed by atoms with van der Waals surface area (Å²) in [6.07, 6.45) is 4.83. The molecule has 25 heavy (non-hydrogen) atoms. The normalized spacial score (nSPS) is 10.6. The topological polar surface area (TPSA) is 64.0 Å². The van der Waals surface area contributed by atoms with Crippen LogP contribution < -0.4 is 10.9 Å². The molecule has 1 aromatic carbocycles. The van der Waals surface area contributed by atoms with Crippen LogP contribution in [-0.2, 0) is 13.1 Å². The number of nitrogens with one attached hydrogen (secondary N) is 1. The number of allylic oxidation sites excluding steroid dienone is 1. The van der Waals surface area contributed by atoms with E-state index in [4.69, 9.17) is 0 Å². The number of hydrogen-bond acceptors (Lipinski definition) is 3. The summed E-state index contributed by atoms with van der Waals surface area (Å²) in [6.45, 7) is 4.08. The third-order valence-corrected chi connectivity index (χ3v) is 3.79. The van der Waals surface area contributed by atoms with E-state index in [2.05, 4.69) is 16.9 Å². The number of hydrogen-bond donors (Lipinski definition) is 1. The van der Waals surface area contributed by atoms with Crippen molar-refractivity contribution in [3.8, 4) is 0 Å². The summed E-state index contributed by atoms with van der Waals surface area (Å²) in [5.41, 5.74) is 0.635. The number of aromatic nitrogens is 2. The first kappa shape index (κ1) is 16.6. The first-order valence-electron chi connectivity index (χ1n) is 7.71. The zero-order valence-corrected chi connectivity index (χ0v) is 13.4. The molecule has 0 aliphatic carbocycles. The van der Waals surface area contributed by atoms with Gasteiger partial charge in [-0.25, -0.2) is 4.39 Å². The van der Waals surface area contributed by atoms with Crippen molar-refractivity contribution in [1.82, 2.24) is 14.9 Å². The van der Waals surface area contributed by atoms with E-state index < -0.39 is 11.7 Å². The van der Waals surface area contributed by atoms with Gasteiger partial charge in [0.25, 0.3) is 11.5 Å². The molecular formula is C19H16FN3O2. The molecule has 6 heteroatoms. The van der Waals surface area contributed by atoms with Gasteiger partial charge in [0, 0.05) is 30.9 Å². The zero-order chi connectivity index (χ0) is 17.8. The Hall–Kier alpha value is -3.28. The van der Waals surface area contributed by atoms with Gasteiger partial charge in [-0.05, 0) is 41.3 Å². The molecule has 3 rings (SSSR count). The predicted octanol–water partition coefficient (Wildman–Crippen LogP) is 2.65. The van der Waals surface area contributed by atoms with Crippen LogP contribution >= 0.6 is 0 Å². The largest absolute Gasteiger partial charge is 0.347 e. The minimum absolute atomic E-state index is 0.159. The summed E-state index contributed by atoms with van der Waals surface area (Å²) >= 11 is 0. The molecule has 126 valence electrons. The molecule has 1 N–H and O–H groups in total. The number of carbonyl (C=O) groups is 1. The maximum Gasteiger partial charge on any atom is 0.268 e. The van der Waals surface area contributed by atoms with Crippen molar-refractivity contribution < 1.29 is 9.18 Å². The van der Waals surface area contributed by atoms with Gasteiger partial charge in [0.05, 0.1) is 0 Å². The van der Waals surface area contributed by atoms with Crippen LogP contribution in [0.15, 0.2) is 66.2 Å². The van der Waals surface area contributed by atoms with Crippen molar-refractivity contribution in [2.75, 3.05) is 0 Å². The summed E-state index contributed by atoms with van der Waals surface area (Å²) in [4.78, 5) is 29.2. The van der Waals surface area contributed by atoms with Gasteiger partial charge < -0.3 is 5.32 Å². The summed E-state index contributed by atoms with van der Waals surface area (Å²) in [7, 11) is 0. The number of nitrogens with zero attached hydrogens (tertiary/aromatic N) is 2. The molecule has 3 aromatic rings. The highest BCUT2D eigenvalue weighted by Crippen LogP contribution is 2.14. The second-order valence-electron chi connectivity index (χ2n) is 5.51. The van der Waals surface area contributed by atoms with Crippen LogP contribution in [0.3, 0.4) is 0 Å². The van der Waals surface area contributed by atoms with E-state index in [9.17, 15) is 14.0 Å². The van der Waals surface area contributed by atoms with Crippen molar-refractivity contribution in [1.29, 1.82) is 0 Å². The maximum absolute atomic E-state index is 13.5. The molecule has 1 amide bonds. The van der Waals surface area contributed by atoms with Crippen LogP contribution in [0.1, 0.15) is 16.1 Å². The summed E-state index contributed by atoms with van der Waals surface area (Å²) in [5.74, 6) is -0.885. The van der Waals surface area contributed by atoms with Crippen LogP contribution in [0.25, 0.3) is 10.8 Å². The fraction of sp³-hybridized carbons (Fsp3) is 0.105. The lowest BCUT2D eigenvalue weighted by molar-refractivity contribution is 0.0941. The molecule has 0 unspecified atom stereocenters. The minimum atomic E-state index is -0.463. The highest BCUT2D eigenvalue weighted by atomic mass is 19.1. The maximum atomic E-state index is 13.5. The van der Waals surface area contributed by atoms with Crippen LogP contribution in [0.5, 0.6) is 0 Å². The lowest BCUT2D eigenvalue weighted by Crippen LogP contribution is -2.32. The number of fused-ring (bicyclic) bond motifs is 1. The van der Waals surface area contributed by atoms with Crippen molar-refractivity contribution in [2.45, 2.75) is 13.1 Å². The molecule has 0 saturated carbocycles. The molecule has 2 aromatic heterocycles. The molecule has 0 fully saturated rings. The quantitative estimate of drug-likeness (QED) is 0.728. The SMILES string of the molecule is C=CCn1c(C(=O)NCc2cccnc2)cc2cc(F)ccc2c1=O. The number of halogens is 1. The molecular weight excluding hydrogens is 321 g/mol. The van der Waals surface area contributed by atoms with Crippen LogP contribution in [0.2, 0.25) is 0 Å². The lowest BCUT2D eigenvalue weighted by Gasteiger charge is -2.13. The molecule has 0 saturated heterocycles.